The molecule has 0 fully saturated rings. The number of rotatable bonds is 1. The van der Waals surface area contributed by atoms with Crippen LogP contribution in [0.25, 0.3) is 16.8 Å². The number of hydrogen-bond donors (Lipinski definition) is 0. The molecular formula is C13H13N. The number of nitrogens with zero attached hydrogens (tertiary/aromatic N) is 1. The van der Waals surface area contributed by atoms with E-state index in [2.05, 4.69) is 36.7 Å². The van der Waals surface area contributed by atoms with Crippen LogP contribution in [0.1, 0.15) is 16.8 Å². The lowest BCUT2D eigenvalue weighted by molar-refractivity contribution is 1.22. The smallest absolute Gasteiger partial charge is 0.0379 e. The third kappa shape index (κ3) is 1.31. The Balaban J connectivity index is 2.88. The Morgan fingerprint density at radius 3 is 2.79 bits per heavy atom. The summed E-state index contributed by atoms with van der Waals surface area (Å²) in [6.07, 6.45) is 3.82. The maximum atomic E-state index is 4.31. The van der Waals surface area contributed by atoms with E-state index in [0.29, 0.717) is 0 Å². The molecule has 0 amide bonds. The number of hydrogen-bond acceptors (Lipinski definition) is 1. The van der Waals surface area contributed by atoms with E-state index in [1.807, 2.05) is 19.2 Å². The van der Waals surface area contributed by atoms with Crippen molar-refractivity contribution in [2.75, 3.05) is 0 Å². The van der Waals surface area contributed by atoms with Crippen LogP contribution < -0.4 is 0 Å². The summed E-state index contributed by atoms with van der Waals surface area (Å²) < 4.78 is 0. The molecule has 1 heteroatoms. The topological polar surface area (TPSA) is 12.9 Å². The van der Waals surface area contributed by atoms with E-state index in [4.69, 9.17) is 0 Å². The van der Waals surface area contributed by atoms with Gasteiger partial charge in [0, 0.05) is 17.3 Å². The molecular weight excluding hydrogens is 170 g/mol. The first-order valence-electron chi connectivity index (χ1n) is 4.71. The fourth-order valence-electron chi connectivity index (χ4n) is 1.73. The molecule has 1 heterocycles. The molecule has 0 N–H and O–H groups in total. The molecule has 1 nitrogen and oxygen atoms in total. The second-order valence-electron chi connectivity index (χ2n) is 3.55. The van der Waals surface area contributed by atoms with Crippen LogP contribution in [0, 0.1) is 13.8 Å². The van der Waals surface area contributed by atoms with Crippen molar-refractivity contribution in [3.8, 4) is 0 Å². The Kier molecular flexibility index (Phi) is 2.08. The molecule has 0 bridgehead atoms. The first kappa shape index (κ1) is 8.95. The zero-order valence-electron chi connectivity index (χ0n) is 8.54. The molecule has 70 valence electrons. The van der Waals surface area contributed by atoms with Crippen LogP contribution in [0.5, 0.6) is 0 Å². The van der Waals surface area contributed by atoms with Crippen molar-refractivity contribution in [2.24, 2.45) is 0 Å². The summed E-state index contributed by atoms with van der Waals surface area (Å²) >= 11 is 0. The minimum Gasteiger partial charge on any atom is -0.261 e. The van der Waals surface area contributed by atoms with E-state index in [9.17, 15) is 0 Å². The van der Waals surface area contributed by atoms with Gasteiger partial charge in [-0.25, -0.2) is 0 Å². The Morgan fingerprint density at radius 1 is 1.29 bits per heavy atom. The number of pyridine rings is 1. The molecule has 0 aliphatic heterocycles. The molecule has 0 aliphatic carbocycles. The molecule has 14 heavy (non-hydrogen) atoms. The van der Waals surface area contributed by atoms with Crippen molar-refractivity contribution >= 4 is 16.8 Å². The average Bonchev–Trinajstić information content (AvgIpc) is 2.18. The van der Waals surface area contributed by atoms with Crippen LogP contribution in [0.2, 0.25) is 0 Å². The third-order valence-electron chi connectivity index (χ3n) is 2.50. The largest absolute Gasteiger partial charge is 0.261 e. The van der Waals surface area contributed by atoms with Crippen LogP contribution in [-0.4, -0.2) is 4.98 Å². The molecule has 1 aromatic heterocycles. The van der Waals surface area contributed by atoms with Crippen molar-refractivity contribution < 1.29 is 0 Å². The van der Waals surface area contributed by atoms with Gasteiger partial charge >= 0.3 is 0 Å². The molecule has 2 rings (SSSR count). The average molecular weight is 183 g/mol. The van der Waals surface area contributed by atoms with Gasteiger partial charge in [0.2, 0.25) is 0 Å². The minimum atomic E-state index is 1.05. The standard InChI is InChI=1S/C13H13N/c1-4-12-9(2)5-6-11-7-10(3)14-8-13(11)12/h4-8H,1H2,2-3H3. The fourth-order valence-corrected chi connectivity index (χ4v) is 1.73. The summed E-state index contributed by atoms with van der Waals surface area (Å²) in [5.74, 6) is 0. The highest BCUT2D eigenvalue weighted by atomic mass is 14.7. The quantitative estimate of drug-likeness (QED) is 0.659. The Bertz CT molecular complexity index is 498. The summed E-state index contributed by atoms with van der Waals surface area (Å²) in [4.78, 5) is 4.31. The Morgan fingerprint density at radius 2 is 2.07 bits per heavy atom. The van der Waals surface area contributed by atoms with Gasteiger partial charge in [0.05, 0.1) is 0 Å². The zero-order valence-corrected chi connectivity index (χ0v) is 8.54. The van der Waals surface area contributed by atoms with Gasteiger partial charge in [-0.2, -0.15) is 0 Å². The predicted octanol–water partition coefficient (Wildman–Crippen LogP) is 3.49. The van der Waals surface area contributed by atoms with Gasteiger partial charge in [-0.05, 0) is 36.4 Å². The first-order valence-corrected chi connectivity index (χ1v) is 4.71. The molecule has 0 unspecified atom stereocenters. The second-order valence-corrected chi connectivity index (χ2v) is 3.55. The molecule has 1 aromatic carbocycles. The van der Waals surface area contributed by atoms with Crippen molar-refractivity contribution in [3.05, 3.63) is 47.8 Å². The van der Waals surface area contributed by atoms with Gasteiger partial charge in [0.25, 0.3) is 0 Å². The van der Waals surface area contributed by atoms with Crippen molar-refractivity contribution in [1.29, 1.82) is 0 Å². The lowest BCUT2D eigenvalue weighted by Gasteiger charge is -2.06. The summed E-state index contributed by atoms with van der Waals surface area (Å²) in [7, 11) is 0. The monoisotopic (exact) mass is 183 g/mol. The maximum absolute atomic E-state index is 4.31. The van der Waals surface area contributed by atoms with E-state index in [1.54, 1.807) is 0 Å². The fraction of sp³-hybridized carbons (Fsp3) is 0.154. The Hall–Kier alpha value is -1.63. The van der Waals surface area contributed by atoms with Gasteiger partial charge in [-0.3, -0.25) is 4.98 Å². The molecule has 2 aromatic rings. The minimum absolute atomic E-state index is 1.05. The number of fused-ring (bicyclic) bond motifs is 1. The first-order chi connectivity index (χ1) is 6.72. The molecule has 0 spiro atoms. The van der Waals surface area contributed by atoms with Crippen LogP contribution in [0.3, 0.4) is 0 Å². The van der Waals surface area contributed by atoms with E-state index in [-0.39, 0.29) is 0 Å². The zero-order chi connectivity index (χ0) is 10.1. The lowest BCUT2D eigenvalue weighted by Crippen LogP contribution is -1.87. The van der Waals surface area contributed by atoms with E-state index in [0.717, 1.165) is 5.69 Å². The van der Waals surface area contributed by atoms with Crippen molar-refractivity contribution in [1.82, 2.24) is 4.98 Å². The van der Waals surface area contributed by atoms with E-state index >= 15 is 0 Å². The molecule has 0 saturated carbocycles. The molecule has 0 atom stereocenters. The summed E-state index contributed by atoms with van der Waals surface area (Å²) in [5.41, 5.74) is 3.49. The van der Waals surface area contributed by atoms with Gasteiger partial charge in [-0.15, -0.1) is 0 Å². The predicted molar refractivity (Wildman–Crippen MR) is 61.3 cm³/mol. The molecule has 0 saturated heterocycles. The second kappa shape index (κ2) is 3.26. The van der Waals surface area contributed by atoms with Gasteiger partial charge in [0.1, 0.15) is 0 Å². The van der Waals surface area contributed by atoms with Crippen LogP contribution in [-0.2, 0) is 0 Å². The van der Waals surface area contributed by atoms with Gasteiger partial charge in [-0.1, -0.05) is 24.8 Å². The van der Waals surface area contributed by atoms with Crippen LogP contribution in [0.15, 0.2) is 31.0 Å². The number of aryl methyl sites for hydroxylation is 2. The molecule has 0 radical (unpaired) electrons. The highest BCUT2D eigenvalue weighted by molar-refractivity contribution is 5.91. The summed E-state index contributed by atoms with van der Waals surface area (Å²) in [6.45, 7) is 7.94. The van der Waals surface area contributed by atoms with Gasteiger partial charge in [0.15, 0.2) is 0 Å². The number of benzene rings is 1. The van der Waals surface area contributed by atoms with Crippen molar-refractivity contribution in [3.63, 3.8) is 0 Å². The third-order valence-corrected chi connectivity index (χ3v) is 2.50. The van der Waals surface area contributed by atoms with Crippen molar-refractivity contribution in [2.45, 2.75) is 13.8 Å². The summed E-state index contributed by atoms with van der Waals surface area (Å²) in [5, 5.41) is 2.42. The highest BCUT2D eigenvalue weighted by Gasteiger charge is 2.01. The lowest BCUT2D eigenvalue weighted by atomic mass is 10.0. The van der Waals surface area contributed by atoms with Crippen LogP contribution >= 0.6 is 0 Å². The number of aromatic nitrogens is 1. The van der Waals surface area contributed by atoms with E-state index in [1.165, 1.54) is 21.9 Å². The van der Waals surface area contributed by atoms with E-state index < -0.39 is 0 Å². The highest BCUT2D eigenvalue weighted by Crippen LogP contribution is 2.22. The van der Waals surface area contributed by atoms with Crippen LogP contribution in [0.4, 0.5) is 0 Å². The normalized spacial score (nSPS) is 10.4. The summed E-state index contributed by atoms with van der Waals surface area (Å²) in [6, 6.07) is 6.35. The maximum Gasteiger partial charge on any atom is 0.0379 e. The SMILES string of the molecule is C=Cc1c(C)ccc2cc(C)ncc12. The Labute approximate surface area is 84.1 Å². The van der Waals surface area contributed by atoms with Gasteiger partial charge < -0.3 is 0 Å². The molecule has 0 aliphatic rings.